The summed E-state index contributed by atoms with van der Waals surface area (Å²) in [6, 6.07) is 25.8. The highest BCUT2D eigenvalue weighted by Gasteiger charge is 2.36. The first kappa shape index (κ1) is 36.0. The minimum Gasteiger partial charge on any atom is -0.493 e. The second kappa shape index (κ2) is 16.4. The maximum absolute atomic E-state index is 14.8. The summed E-state index contributed by atoms with van der Waals surface area (Å²) < 4.78 is 40.5. The lowest BCUT2D eigenvalue weighted by atomic mass is 10.0. The molecule has 5 rings (SSSR count). The maximum Gasteiger partial charge on any atom is 0.264 e. The van der Waals surface area contributed by atoms with Gasteiger partial charge in [0, 0.05) is 35.1 Å². The topological polar surface area (TPSA) is 105 Å². The van der Waals surface area contributed by atoms with Gasteiger partial charge in [-0.05, 0) is 60.4 Å². The normalized spacial score (nSPS) is 13.8. The molecule has 12 heteroatoms. The van der Waals surface area contributed by atoms with Crippen LogP contribution >= 0.6 is 23.2 Å². The van der Waals surface area contributed by atoms with Gasteiger partial charge in [0.15, 0.2) is 11.5 Å². The number of nitrogens with one attached hydrogen (secondary N) is 1. The molecule has 1 atom stereocenters. The second-order valence-corrected chi connectivity index (χ2v) is 14.5. The summed E-state index contributed by atoms with van der Waals surface area (Å²) in [4.78, 5) is 30.3. The number of halogens is 2. The summed E-state index contributed by atoms with van der Waals surface area (Å²) >= 11 is 12.8. The van der Waals surface area contributed by atoms with Crippen molar-refractivity contribution in [2.45, 2.75) is 55.6 Å². The summed E-state index contributed by atoms with van der Waals surface area (Å²) in [6.45, 7) is -0.699. The van der Waals surface area contributed by atoms with E-state index in [1.165, 1.54) is 37.3 Å². The van der Waals surface area contributed by atoms with E-state index in [2.05, 4.69) is 5.32 Å². The lowest BCUT2D eigenvalue weighted by Gasteiger charge is -2.34. The fraction of sp³-hybridized carbons (Fsp3) is 0.297. The lowest BCUT2D eigenvalue weighted by molar-refractivity contribution is -0.140. The highest BCUT2D eigenvalue weighted by molar-refractivity contribution is 7.92. The number of carbonyl (C=O) groups excluding carboxylic acids is 2. The molecule has 0 bridgehead atoms. The summed E-state index contributed by atoms with van der Waals surface area (Å²) in [7, 11) is -1.37. The molecule has 0 saturated heterocycles. The Labute approximate surface area is 297 Å². The van der Waals surface area contributed by atoms with Gasteiger partial charge < -0.3 is 19.7 Å². The number of amides is 2. The minimum absolute atomic E-state index is 0.00954. The zero-order valence-corrected chi connectivity index (χ0v) is 29.7. The molecule has 0 spiro atoms. The van der Waals surface area contributed by atoms with Crippen molar-refractivity contribution in [1.29, 1.82) is 0 Å². The SMILES string of the molecule is COc1ccc(N(CC(=O)N(Cc2ccc(Cl)cc2Cl)[C@@H](Cc2ccccc2)C(=O)NC2CCCC2)S(=O)(=O)c2ccccc2)cc1OC. The van der Waals surface area contributed by atoms with Crippen molar-refractivity contribution in [1.82, 2.24) is 10.2 Å². The molecule has 0 radical (unpaired) electrons. The molecular formula is C37H39Cl2N3O6S. The number of methoxy groups -OCH3 is 2. The van der Waals surface area contributed by atoms with Crippen molar-refractivity contribution in [2.75, 3.05) is 25.1 Å². The molecule has 1 fully saturated rings. The Balaban J connectivity index is 1.60. The van der Waals surface area contributed by atoms with Gasteiger partial charge >= 0.3 is 0 Å². The van der Waals surface area contributed by atoms with Gasteiger partial charge in [0.25, 0.3) is 10.0 Å². The van der Waals surface area contributed by atoms with E-state index in [1.807, 2.05) is 30.3 Å². The molecule has 1 N–H and O–H groups in total. The molecule has 0 aromatic heterocycles. The molecule has 1 aliphatic rings. The third kappa shape index (κ3) is 8.86. The quantitative estimate of drug-likeness (QED) is 0.152. The van der Waals surface area contributed by atoms with E-state index in [0.717, 1.165) is 35.6 Å². The van der Waals surface area contributed by atoms with Gasteiger partial charge in [-0.3, -0.25) is 13.9 Å². The maximum atomic E-state index is 14.8. The predicted molar refractivity (Wildman–Crippen MR) is 192 cm³/mol. The molecule has 4 aromatic rings. The van der Waals surface area contributed by atoms with Crippen LogP contribution < -0.4 is 19.1 Å². The Morgan fingerprint density at radius 1 is 0.857 bits per heavy atom. The number of hydrogen-bond donors (Lipinski definition) is 1. The first-order valence-corrected chi connectivity index (χ1v) is 18.2. The molecule has 258 valence electrons. The summed E-state index contributed by atoms with van der Waals surface area (Å²) in [5.74, 6) is -0.260. The second-order valence-electron chi connectivity index (χ2n) is 11.8. The third-order valence-electron chi connectivity index (χ3n) is 8.59. The fourth-order valence-electron chi connectivity index (χ4n) is 5.98. The average Bonchev–Trinajstić information content (AvgIpc) is 3.63. The Morgan fingerprint density at radius 2 is 1.51 bits per heavy atom. The minimum atomic E-state index is -4.29. The number of hydrogen-bond acceptors (Lipinski definition) is 6. The fourth-order valence-corrected chi connectivity index (χ4v) is 7.88. The van der Waals surface area contributed by atoms with E-state index < -0.39 is 28.5 Å². The standard InChI is InChI=1S/C37H39Cl2N3O6S/c1-47-34-20-19-30(23-35(34)48-2)42(49(45,46)31-15-7-4-8-16-31)25-36(43)41(24-27-17-18-28(38)22-32(27)39)33(21-26-11-5-3-6-12-26)37(44)40-29-13-9-10-14-29/h3-8,11-12,15-20,22-23,29,33H,9-10,13-14,21,24-25H2,1-2H3,(H,40,44)/t33-/m0/s1. The van der Waals surface area contributed by atoms with Gasteiger partial charge in [-0.25, -0.2) is 8.42 Å². The molecular weight excluding hydrogens is 685 g/mol. The van der Waals surface area contributed by atoms with E-state index >= 15 is 0 Å². The van der Waals surface area contributed by atoms with Crippen LogP contribution in [0.2, 0.25) is 10.0 Å². The predicted octanol–water partition coefficient (Wildman–Crippen LogP) is 6.90. The van der Waals surface area contributed by atoms with Crippen molar-refractivity contribution in [3.8, 4) is 11.5 Å². The zero-order valence-electron chi connectivity index (χ0n) is 27.4. The number of carbonyl (C=O) groups is 2. The molecule has 9 nitrogen and oxygen atoms in total. The van der Waals surface area contributed by atoms with Crippen molar-refractivity contribution in [3.63, 3.8) is 0 Å². The number of nitrogens with zero attached hydrogens (tertiary/aromatic N) is 2. The van der Waals surface area contributed by atoms with Crippen LogP contribution in [0.4, 0.5) is 5.69 Å². The van der Waals surface area contributed by atoms with E-state index in [4.69, 9.17) is 32.7 Å². The van der Waals surface area contributed by atoms with Crippen molar-refractivity contribution >= 4 is 50.7 Å². The molecule has 0 heterocycles. The monoisotopic (exact) mass is 723 g/mol. The zero-order chi connectivity index (χ0) is 35.0. The van der Waals surface area contributed by atoms with E-state index in [-0.39, 0.29) is 41.2 Å². The van der Waals surface area contributed by atoms with Crippen LogP contribution in [0, 0.1) is 0 Å². The Hall–Kier alpha value is -4.25. The first-order chi connectivity index (χ1) is 23.6. The van der Waals surface area contributed by atoms with Crippen LogP contribution in [0.15, 0.2) is 102 Å². The van der Waals surface area contributed by atoms with E-state index in [0.29, 0.717) is 21.4 Å². The smallest absolute Gasteiger partial charge is 0.264 e. The lowest BCUT2D eigenvalue weighted by Crippen LogP contribution is -2.54. The average molecular weight is 725 g/mol. The van der Waals surface area contributed by atoms with E-state index in [9.17, 15) is 18.0 Å². The third-order valence-corrected chi connectivity index (χ3v) is 11.0. The Morgan fingerprint density at radius 3 is 2.14 bits per heavy atom. The highest BCUT2D eigenvalue weighted by Crippen LogP contribution is 2.34. The van der Waals surface area contributed by atoms with Crippen molar-refractivity contribution in [3.05, 3.63) is 118 Å². The van der Waals surface area contributed by atoms with Crippen LogP contribution in [0.3, 0.4) is 0 Å². The molecule has 4 aromatic carbocycles. The number of anilines is 1. The largest absolute Gasteiger partial charge is 0.493 e. The Kier molecular flexibility index (Phi) is 12.1. The number of benzene rings is 4. The van der Waals surface area contributed by atoms with Crippen molar-refractivity contribution < 1.29 is 27.5 Å². The van der Waals surface area contributed by atoms with Gasteiger partial charge in [0.2, 0.25) is 11.8 Å². The number of ether oxygens (including phenoxy) is 2. The molecule has 0 aliphatic heterocycles. The van der Waals surface area contributed by atoms with Crippen LogP contribution in [-0.2, 0) is 32.6 Å². The number of sulfonamides is 1. The van der Waals surface area contributed by atoms with Gasteiger partial charge in [-0.1, -0.05) is 90.6 Å². The summed E-state index contributed by atoms with van der Waals surface area (Å²) in [6.07, 6.45) is 3.91. The van der Waals surface area contributed by atoms with Crippen LogP contribution in [0.5, 0.6) is 11.5 Å². The van der Waals surface area contributed by atoms with Gasteiger partial charge in [-0.2, -0.15) is 0 Å². The molecule has 1 aliphatic carbocycles. The van der Waals surface area contributed by atoms with Gasteiger partial charge in [0.05, 0.1) is 24.8 Å². The molecule has 2 amide bonds. The van der Waals surface area contributed by atoms with Gasteiger partial charge in [-0.15, -0.1) is 0 Å². The summed E-state index contributed by atoms with van der Waals surface area (Å²) in [5.41, 5.74) is 1.56. The van der Waals surface area contributed by atoms with Crippen LogP contribution in [0.1, 0.15) is 36.8 Å². The summed E-state index contributed by atoms with van der Waals surface area (Å²) in [5, 5.41) is 3.89. The van der Waals surface area contributed by atoms with Crippen LogP contribution in [-0.4, -0.2) is 58.0 Å². The Bertz CT molecular complexity index is 1850. The first-order valence-electron chi connectivity index (χ1n) is 16.0. The molecule has 49 heavy (non-hydrogen) atoms. The molecule has 1 saturated carbocycles. The van der Waals surface area contributed by atoms with Gasteiger partial charge in [0.1, 0.15) is 12.6 Å². The highest BCUT2D eigenvalue weighted by atomic mass is 35.5. The molecule has 0 unspecified atom stereocenters. The van der Waals surface area contributed by atoms with E-state index in [1.54, 1.807) is 48.5 Å². The van der Waals surface area contributed by atoms with Crippen LogP contribution in [0.25, 0.3) is 0 Å². The number of rotatable bonds is 14. The van der Waals surface area contributed by atoms with Crippen molar-refractivity contribution in [2.24, 2.45) is 0 Å².